The van der Waals surface area contributed by atoms with E-state index in [-0.39, 0.29) is 6.61 Å². The van der Waals surface area contributed by atoms with Crippen molar-refractivity contribution in [2.75, 3.05) is 6.61 Å². The zero-order valence-corrected chi connectivity index (χ0v) is 16.7. The molecule has 0 aliphatic heterocycles. The van der Waals surface area contributed by atoms with E-state index in [4.69, 9.17) is 14.6 Å². The first-order valence-corrected chi connectivity index (χ1v) is 9.84. The van der Waals surface area contributed by atoms with Crippen LogP contribution in [-0.2, 0) is 11.3 Å². The minimum atomic E-state index is -0.425. The minimum Gasteiger partial charge on any atom is -0.493 e. The van der Waals surface area contributed by atoms with Crippen molar-refractivity contribution in [3.63, 3.8) is 0 Å². The molecule has 0 unspecified atom stereocenters. The second-order valence-corrected chi connectivity index (χ2v) is 6.65. The highest BCUT2D eigenvalue weighted by Crippen LogP contribution is 2.25. The number of esters is 1. The molecule has 4 rings (SSSR count). The molecule has 5 heteroatoms. The number of para-hydroxylation sites is 2. The summed E-state index contributed by atoms with van der Waals surface area (Å²) >= 11 is 0. The lowest BCUT2D eigenvalue weighted by Gasteiger charge is -2.10. The van der Waals surface area contributed by atoms with Crippen LogP contribution >= 0.6 is 0 Å². The zero-order valence-electron chi connectivity index (χ0n) is 16.7. The second kappa shape index (κ2) is 9.09. The Bertz CT molecular complexity index is 1120. The van der Waals surface area contributed by atoms with Gasteiger partial charge in [-0.3, -0.25) is 0 Å². The number of benzene rings is 3. The lowest BCUT2D eigenvalue weighted by molar-refractivity contribution is 0.0469. The molecule has 0 aliphatic carbocycles. The third kappa shape index (κ3) is 4.25. The van der Waals surface area contributed by atoms with Crippen LogP contribution in [0.5, 0.6) is 5.75 Å². The van der Waals surface area contributed by atoms with Crippen LogP contribution in [-0.4, -0.2) is 22.4 Å². The Hall–Kier alpha value is -3.86. The van der Waals surface area contributed by atoms with Crippen LogP contribution in [0, 0.1) is 0 Å². The van der Waals surface area contributed by atoms with Gasteiger partial charge in [0, 0.05) is 17.3 Å². The van der Waals surface area contributed by atoms with Crippen LogP contribution in [0.25, 0.3) is 16.9 Å². The molecule has 0 bridgehead atoms. The summed E-state index contributed by atoms with van der Waals surface area (Å²) in [5.74, 6) is 0.0961. The van der Waals surface area contributed by atoms with E-state index in [1.807, 2.05) is 79.9 Å². The van der Waals surface area contributed by atoms with Crippen molar-refractivity contribution >= 4 is 5.97 Å². The Kier molecular flexibility index (Phi) is 5.90. The molecular weight excluding hydrogens is 376 g/mol. The summed E-state index contributed by atoms with van der Waals surface area (Å²) < 4.78 is 13.0. The average molecular weight is 398 g/mol. The monoisotopic (exact) mass is 398 g/mol. The lowest BCUT2D eigenvalue weighted by atomic mass is 10.1. The van der Waals surface area contributed by atoms with E-state index < -0.39 is 5.97 Å². The fraction of sp³-hybridized carbons (Fsp3) is 0.120. The quantitative estimate of drug-likeness (QED) is 0.397. The van der Waals surface area contributed by atoms with Gasteiger partial charge in [0.25, 0.3) is 0 Å². The normalized spacial score (nSPS) is 10.6. The van der Waals surface area contributed by atoms with Gasteiger partial charge in [-0.05, 0) is 31.2 Å². The highest BCUT2D eigenvalue weighted by atomic mass is 16.5. The molecule has 0 spiro atoms. The largest absolute Gasteiger partial charge is 0.493 e. The summed E-state index contributed by atoms with van der Waals surface area (Å²) in [6.45, 7) is 2.47. The van der Waals surface area contributed by atoms with Gasteiger partial charge in [0.2, 0.25) is 0 Å². The maximum atomic E-state index is 12.7. The summed E-state index contributed by atoms with van der Waals surface area (Å²) in [5.41, 5.74) is 3.93. The van der Waals surface area contributed by atoms with Crippen molar-refractivity contribution < 1.29 is 14.3 Å². The molecule has 30 heavy (non-hydrogen) atoms. The lowest BCUT2D eigenvalue weighted by Crippen LogP contribution is -2.08. The van der Waals surface area contributed by atoms with Gasteiger partial charge in [-0.25, -0.2) is 9.48 Å². The minimum absolute atomic E-state index is 0.107. The first-order valence-electron chi connectivity index (χ1n) is 9.84. The Morgan fingerprint density at radius 3 is 2.30 bits per heavy atom. The van der Waals surface area contributed by atoms with Crippen LogP contribution < -0.4 is 4.74 Å². The van der Waals surface area contributed by atoms with Crippen molar-refractivity contribution in [3.8, 4) is 22.7 Å². The third-order valence-electron chi connectivity index (χ3n) is 4.62. The summed E-state index contributed by atoms with van der Waals surface area (Å²) in [4.78, 5) is 12.7. The van der Waals surface area contributed by atoms with Gasteiger partial charge in [0.15, 0.2) is 0 Å². The first-order chi connectivity index (χ1) is 14.8. The number of hydrogen-bond donors (Lipinski definition) is 0. The maximum absolute atomic E-state index is 12.7. The van der Waals surface area contributed by atoms with Gasteiger partial charge in [0.1, 0.15) is 17.9 Å². The Labute approximate surface area is 175 Å². The molecule has 0 radical (unpaired) electrons. The Morgan fingerprint density at radius 2 is 1.57 bits per heavy atom. The van der Waals surface area contributed by atoms with E-state index >= 15 is 0 Å². The number of rotatable bonds is 7. The summed E-state index contributed by atoms with van der Waals surface area (Å²) in [5, 5.41) is 4.75. The number of carbonyl (C=O) groups excluding carboxylic acids is 1. The van der Waals surface area contributed by atoms with Gasteiger partial charge in [-0.15, -0.1) is 0 Å². The molecule has 3 aromatic carbocycles. The molecule has 1 heterocycles. The fourth-order valence-corrected chi connectivity index (χ4v) is 3.21. The SMILES string of the molecule is CCOc1ccccc1C(=O)OCc1cn(-c2ccccc2)nc1-c1ccccc1. The highest BCUT2D eigenvalue weighted by molar-refractivity contribution is 5.92. The van der Waals surface area contributed by atoms with Crippen molar-refractivity contribution in [2.24, 2.45) is 0 Å². The number of aromatic nitrogens is 2. The standard InChI is InChI=1S/C25H22N2O3/c1-2-29-23-16-10-9-15-22(23)25(28)30-18-20-17-27(21-13-7-4-8-14-21)26-24(20)19-11-5-3-6-12-19/h3-17H,2,18H2,1H3. The van der Waals surface area contributed by atoms with Crippen molar-refractivity contribution in [3.05, 3.63) is 102 Å². The smallest absolute Gasteiger partial charge is 0.342 e. The average Bonchev–Trinajstić information content (AvgIpc) is 3.24. The predicted octanol–water partition coefficient (Wildman–Crippen LogP) is 5.30. The molecule has 4 aromatic rings. The molecule has 5 nitrogen and oxygen atoms in total. The van der Waals surface area contributed by atoms with E-state index in [1.165, 1.54) is 0 Å². The first kappa shape index (κ1) is 19.5. The van der Waals surface area contributed by atoms with Crippen molar-refractivity contribution in [1.82, 2.24) is 9.78 Å². The van der Waals surface area contributed by atoms with Gasteiger partial charge in [-0.1, -0.05) is 60.7 Å². The molecule has 150 valence electrons. The summed E-state index contributed by atoms with van der Waals surface area (Å²) in [7, 11) is 0. The molecule has 0 saturated carbocycles. The Morgan fingerprint density at radius 1 is 0.900 bits per heavy atom. The van der Waals surface area contributed by atoms with Crippen molar-refractivity contribution in [1.29, 1.82) is 0 Å². The maximum Gasteiger partial charge on any atom is 0.342 e. The molecule has 0 saturated heterocycles. The summed E-state index contributed by atoms with van der Waals surface area (Å²) in [6.07, 6.45) is 1.90. The predicted molar refractivity (Wildman–Crippen MR) is 116 cm³/mol. The molecule has 0 amide bonds. The topological polar surface area (TPSA) is 53.4 Å². The van der Waals surface area contributed by atoms with E-state index in [9.17, 15) is 4.79 Å². The van der Waals surface area contributed by atoms with Gasteiger partial charge in [-0.2, -0.15) is 5.10 Å². The molecule has 0 aliphatic rings. The fourth-order valence-electron chi connectivity index (χ4n) is 3.21. The van der Waals surface area contributed by atoms with Gasteiger partial charge < -0.3 is 9.47 Å². The van der Waals surface area contributed by atoms with Crippen LogP contribution in [0.3, 0.4) is 0 Å². The molecular formula is C25H22N2O3. The number of nitrogens with zero attached hydrogens (tertiary/aromatic N) is 2. The molecule has 1 aromatic heterocycles. The van der Waals surface area contributed by atoms with E-state index in [0.717, 1.165) is 22.5 Å². The second-order valence-electron chi connectivity index (χ2n) is 6.65. The van der Waals surface area contributed by atoms with E-state index in [1.54, 1.807) is 22.9 Å². The molecule has 0 N–H and O–H groups in total. The van der Waals surface area contributed by atoms with Gasteiger partial charge in [0.05, 0.1) is 18.0 Å². The zero-order chi connectivity index (χ0) is 20.8. The molecule has 0 atom stereocenters. The summed E-state index contributed by atoms with van der Waals surface area (Å²) in [6, 6.07) is 26.8. The highest BCUT2D eigenvalue weighted by Gasteiger charge is 2.17. The van der Waals surface area contributed by atoms with Gasteiger partial charge >= 0.3 is 5.97 Å². The third-order valence-corrected chi connectivity index (χ3v) is 4.62. The van der Waals surface area contributed by atoms with E-state index in [2.05, 4.69) is 0 Å². The number of ether oxygens (including phenoxy) is 2. The molecule has 0 fully saturated rings. The van der Waals surface area contributed by atoms with Crippen LogP contribution in [0.15, 0.2) is 91.1 Å². The van der Waals surface area contributed by atoms with Crippen molar-refractivity contribution in [2.45, 2.75) is 13.5 Å². The number of carbonyl (C=O) groups is 1. The van der Waals surface area contributed by atoms with E-state index in [0.29, 0.717) is 17.9 Å². The van der Waals surface area contributed by atoms with Crippen LogP contribution in [0.4, 0.5) is 0 Å². The van der Waals surface area contributed by atoms with Crippen LogP contribution in [0.2, 0.25) is 0 Å². The Balaban J connectivity index is 1.62. The van der Waals surface area contributed by atoms with Crippen LogP contribution in [0.1, 0.15) is 22.8 Å². The number of hydrogen-bond acceptors (Lipinski definition) is 4.